The molecule has 1 aliphatic heterocycles. The number of halogens is 6. The van der Waals surface area contributed by atoms with Gasteiger partial charge in [-0.15, -0.1) is 0 Å². The SMILES string of the molecule is O=CC1N(Cc2cc(-c3cccc(Cl)c3Cl)ncn2)N=C(c2ccc(Cl)cc2)N1C[C@H](O)C(F)(F)F. The van der Waals surface area contributed by atoms with E-state index in [0.29, 0.717) is 43.9 Å². The van der Waals surface area contributed by atoms with Crippen molar-refractivity contribution < 1.29 is 23.1 Å². The highest BCUT2D eigenvalue weighted by atomic mass is 35.5. The highest BCUT2D eigenvalue weighted by Gasteiger charge is 2.44. The molecule has 2 atom stereocenters. The first-order valence-corrected chi connectivity index (χ1v) is 11.5. The highest BCUT2D eigenvalue weighted by molar-refractivity contribution is 6.43. The van der Waals surface area contributed by atoms with Crippen LogP contribution in [0.2, 0.25) is 15.1 Å². The molecule has 1 unspecified atom stereocenters. The van der Waals surface area contributed by atoms with Crippen LogP contribution in [0.25, 0.3) is 11.3 Å². The summed E-state index contributed by atoms with van der Waals surface area (Å²) in [6.07, 6.45) is -7.08. The maximum absolute atomic E-state index is 13.2. The molecule has 1 N–H and O–H groups in total. The van der Waals surface area contributed by atoms with Gasteiger partial charge in [0.2, 0.25) is 0 Å². The third-order valence-corrected chi connectivity index (χ3v) is 6.44. The number of carbonyl (C=O) groups excluding carboxylic acids is 1. The second-order valence-electron chi connectivity index (χ2n) is 7.78. The Labute approximate surface area is 218 Å². The van der Waals surface area contributed by atoms with Gasteiger partial charge in [-0.1, -0.05) is 46.9 Å². The van der Waals surface area contributed by atoms with Gasteiger partial charge in [-0.2, -0.15) is 18.3 Å². The number of benzene rings is 2. The maximum Gasteiger partial charge on any atom is 0.416 e. The molecule has 1 aromatic heterocycles. The molecule has 0 amide bonds. The minimum Gasteiger partial charge on any atom is -0.382 e. The Balaban J connectivity index is 1.68. The number of alkyl halides is 3. The van der Waals surface area contributed by atoms with Crippen molar-refractivity contribution in [2.45, 2.75) is 25.0 Å². The quantitative estimate of drug-likeness (QED) is 0.410. The number of hydrogen-bond donors (Lipinski definition) is 1. The molecule has 13 heteroatoms. The Hall–Kier alpha value is -2.92. The van der Waals surface area contributed by atoms with E-state index in [9.17, 15) is 23.1 Å². The summed E-state index contributed by atoms with van der Waals surface area (Å²) in [7, 11) is 0. The van der Waals surface area contributed by atoms with Gasteiger partial charge < -0.3 is 10.0 Å². The van der Waals surface area contributed by atoms with Gasteiger partial charge in [-0.3, -0.25) is 9.80 Å². The summed E-state index contributed by atoms with van der Waals surface area (Å²) in [5, 5.41) is 16.5. The van der Waals surface area contributed by atoms with Crippen LogP contribution in [0.3, 0.4) is 0 Å². The zero-order valence-corrected chi connectivity index (χ0v) is 20.5. The fourth-order valence-corrected chi connectivity index (χ4v) is 4.13. The zero-order chi connectivity index (χ0) is 26.0. The highest BCUT2D eigenvalue weighted by Crippen LogP contribution is 2.33. The van der Waals surface area contributed by atoms with Crippen LogP contribution in [0.4, 0.5) is 13.2 Å². The summed E-state index contributed by atoms with van der Waals surface area (Å²) in [4.78, 5) is 21.6. The van der Waals surface area contributed by atoms with Crippen molar-refractivity contribution in [2.24, 2.45) is 5.10 Å². The number of β-amino-alcohol motifs (C(OH)–C–C–N with tert-alkyl or cyclic N) is 1. The smallest absolute Gasteiger partial charge is 0.382 e. The summed E-state index contributed by atoms with van der Waals surface area (Å²) in [5.41, 5.74) is 1.85. The van der Waals surface area contributed by atoms with Gasteiger partial charge in [0.15, 0.2) is 24.4 Å². The van der Waals surface area contributed by atoms with Crippen molar-refractivity contribution in [3.63, 3.8) is 0 Å². The fraction of sp³-hybridized carbons (Fsp3) is 0.217. The molecule has 188 valence electrons. The zero-order valence-electron chi connectivity index (χ0n) is 18.2. The molecule has 1 aliphatic rings. The van der Waals surface area contributed by atoms with Gasteiger partial charge in [0.25, 0.3) is 0 Å². The van der Waals surface area contributed by atoms with Crippen LogP contribution in [0.5, 0.6) is 0 Å². The molecule has 0 fully saturated rings. The lowest BCUT2D eigenvalue weighted by Gasteiger charge is -2.30. The number of carbonyl (C=O) groups is 1. The number of aromatic nitrogens is 2. The molecular formula is C23H17Cl3F3N5O2. The topological polar surface area (TPSA) is 81.9 Å². The molecule has 2 heterocycles. The van der Waals surface area contributed by atoms with Gasteiger partial charge in [0.05, 0.1) is 34.5 Å². The molecule has 36 heavy (non-hydrogen) atoms. The van der Waals surface area contributed by atoms with E-state index in [4.69, 9.17) is 34.8 Å². The predicted molar refractivity (Wildman–Crippen MR) is 130 cm³/mol. The number of aliphatic hydroxyl groups excluding tert-OH is 1. The van der Waals surface area contributed by atoms with E-state index in [1.807, 2.05) is 0 Å². The molecule has 0 aliphatic carbocycles. The lowest BCUT2D eigenvalue weighted by molar-refractivity contribution is -0.207. The van der Waals surface area contributed by atoms with E-state index >= 15 is 0 Å². The number of nitrogens with zero attached hydrogens (tertiary/aromatic N) is 5. The monoisotopic (exact) mass is 557 g/mol. The van der Waals surface area contributed by atoms with Crippen LogP contribution in [0.15, 0.2) is 60.0 Å². The van der Waals surface area contributed by atoms with Crippen molar-refractivity contribution in [1.82, 2.24) is 19.9 Å². The van der Waals surface area contributed by atoms with Crippen LogP contribution in [0.1, 0.15) is 11.3 Å². The number of hydrazone groups is 1. The first-order chi connectivity index (χ1) is 17.1. The largest absolute Gasteiger partial charge is 0.416 e. The van der Waals surface area contributed by atoms with E-state index in [1.54, 1.807) is 48.5 Å². The molecule has 0 saturated carbocycles. The number of aliphatic hydroxyl groups is 1. The third kappa shape index (κ3) is 5.57. The van der Waals surface area contributed by atoms with Crippen LogP contribution in [0, 0.1) is 0 Å². The lowest BCUT2D eigenvalue weighted by atomic mass is 10.1. The van der Waals surface area contributed by atoms with E-state index < -0.39 is 25.0 Å². The number of rotatable bonds is 7. The third-order valence-electron chi connectivity index (χ3n) is 5.37. The molecular weight excluding hydrogens is 542 g/mol. The predicted octanol–water partition coefficient (Wildman–Crippen LogP) is 5.03. The van der Waals surface area contributed by atoms with Gasteiger partial charge in [-0.05, 0) is 36.4 Å². The summed E-state index contributed by atoms with van der Waals surface area (Å²) in [5.74, 6) is 0.0687. The molecule has 0 radical (unpaired) electrons. The number of aldehydes is 1. The second-order valence-corrected chi connectivity index (χ2v) is 9.01. The summed E-state index contributed by atoms with van der Waals surface area (Å²) >= 11 is 18.3. The van der Waals surface area contributed by atoms with Crippen molar-refractivity contribution in [2.75, 3.05) is 6.54 Å². The average molecular weight is 559 g/mol. The van der Waals surface area contributed by atoms with Gasteiger partial charge in [-0.25, -0.2) is 9.97 Å². The van der Waals surface area contributed by atoms with Crippen molar-refractivity contribution in [3.05, 3.63) is 81.2 Å². The Morgan fingerprint density at radius 3 is 2.47 bits per heavy atom. The second kappa shape index (κ2) is 10.6. The van der Waals surface area contributed by atoms with E-state index in [1.165, 1.54) is 11.3 Å². The van der Waals surface area contributed by atoms with Gasteiger partial charge >= 0.3 is 6.18 Å². The van der Waals surface area contributed by atoms with E-state index in [2.05, 4.69) is 15.1 Å². The Morgan fingerprint density at radius 1 is 1.08 bits per heavy atom. The maximum atomic E-state index is 13.2. The first-order valence-electron chi connectivity index (χ1n) is 10.4. The number of hydrogen-bond acceptors (Lipinski definition) is 7. The Kier molecular flexibility index (Phi) is 7.70. The molecule has 7 nitrogen and oxygen atoms in total. The summed E-state index contributed by atoms with van der Waals surface area (Å²) < 4.78 is 39.5. The van der Waals surface area contributed by atoms with Crippen LogP contribution in [-0.2, 0) is 11.3 Å². The fourth-order valence-electron chi connectivity index (χ4n) is 3.60. The molecule has 0 spiro atoms. The van der Waals surface area contributed by atoms with Crippen LogP contribution in [-0.4, -0.2) is 62.1 Å². The standard InChI is InChI=1S/C23H17Cl3F3N5O2/c24-14-6-4-13(5-7-14)22-32-34(20(11-35)33(22)10-19(36)23(27,28)29)9-15-8-18(31-12-30-15)16-2-1-3-17(25)21(16)26/h1-8,11-12,19-20,36H,9-10H2/t19-,20?/m0/s1. The van der Waals surface area contributed by atoms with Crippen molar-refractivity contribution in [3.8, 4) is 11.3 Å². The van der Waals surface area contributed by atoms with E-state index in [0.717, 1.165) is 4.90 Å². The molecule has 0 bridgehead atoms. The lowest BCUT2D eigenvalue weighted by Crippen LogP contribution is -2.49. The minimum atomic E-state index is -4.89. The Morgan fingerprint density at radius 2 is 1.81 bits per heavy atom. The molecule has 4 rings (SSSR count). The van der Waals surface area contributed by atoms with Gasteiger partial charge in [0.1, 0.15) is 6.33 Å². The number of amidine groups is 1. The normalized spacial score (nSPS) is 16.8. The van der Waals surface area contributed by atoms with Crippen LogP contribution >= 0.6 is 34.8 Å². The molecule has 0 saturated heterocycles. The first kappa shape index (κ1) is 26.2. The van der Waals surface area contributed by atoms with E-state index in [-0.39, 0.29) is 12.4 Å². The van der Waals surface area contributed by atoms with Crippen molar-refractivity contribution >= 4 is 46.9 Å². The summed E-state index contributed by atoms with van der Waals surface area (Å²) in [6, 6.07) is 12.9. The van der Waals surface area contributed by atoms with Crippen molar-refractivity contribution in [1.29, 1.82) is 0 Å². The average Bonchev–Trinajstić information content (AvgIpc) is 3.17. The molecule has 3 aromatic rings. The van der Waals surface area contributed by atoms with Gasteiger partial charge in [0, 0.05) is 16.1 Å². The molecule has 2 aromatic carbocycles. The Bertz CT molecular complexity index is 1290. The van der Waals surface area contributed by atoms with Crippen LogP contribution < -0.4 is 0 Å². The minimum absolute atomic E-state index is 0.0488. The summed E-state index contributed by atoms with van der Waals surface area (Å²) in [6.45, 7) is -0.954.